The van der Waals surface area contributed by atoms with Crippen LogP contribution in [0.5, 0.6) is 0 Å². The summed E-state index contributed by atoms with van der Waals surface area (Å²) in [5.74, 6) is -0.112. The number of nitrogens with zero attached hydrogens (tertiary/aromatic N) is 2. The average molecular weight is 373 g/mol. The van der Waals surface area contributed by atoms with Gasteiger partial charge in [-0.05, 0) is 56.4 Å². The van der Waals surface area contributed by atoms with Gasteiger partial charge in [-0.2, -0.15) is 0 Å². The highest BCUT2D eigenvalue weighted by Gasteiger charge is 2.25. The Hall–Kier alpha value is -2.22. The second kappa shape index (κ2) is 7.57. The number of nitrogens with one attached hydrogen (secondary N) is 1. The quantitative estimate of drug-likeness (QED) is 0.837. The molecule has 1 heterocycles. The van der Waals surface area contributed by atoms with Crippen LogP contribution in [0.25, 0.3) is 0 Å². The Morgan fingerprint density at radius 3 is 2.50 bits per heavy atom. The first-order valence-electron chi connectivity index (χ1n) is 8.53. The van der Waals surface area contributed by atoms with Gasteiger partial charge in [-0.25, -0.2) is 13.1 Å². The summed E-state index contributed by atoms with van der Waals surface area (Å²) in [5.41, 5.74) is 2.57. The van der Waals surface area contributed by atoms with Crippen molar-refractivity contribution in [2.24, 2.45) is 0 Å². The molecule has 0 radical (unpaired) electrons. The van der Waals surface area contributed by atoms with Crippen LogP contribution in [0.1, 0.15) is 15.9 Å². The molecule has 26 heavy (non-hydrogen) atoms. The van der Waals surface area contributed by atoms with Gasteiger partial charge in [-0.15, -0.1) is 0 Å². The summed E-state index contributed by atoms with van der Waals surface area (Å²) < 4.78 is 27.1. The van der Waals surface area contributed by atoms with Crippen molar-refractivity contribution in [1.29, 1.82) is 0 Å². The molecule has 3 rings (SSSR count). The number of rotatable bonds is 6. The Kier molecular flexibility index (Phi) is 5.41. The number of likely N-dealkylation sites (N-methyl/N-ethyl adjacent to an activating group) is 1. The van der Waals surface area contributed by atoms with E-state index in [1.54, 1.807) is 17.0 Å². The monoisotopic (exact) mass is 373 g/mol. The number of anilines is 1. The third-order valence-corrected chi connectivity index (χ3v) is 5.87. The van der Waals surface area contributed by atoms with Crippen LogP contribution in [0.15, 0.2) is 53.4 Å². The molecule has 0 spiro atoms. The van der Waals surface area contributed by atoms with Gasteiger partial charge < -0.3 is 9.80 Å². The molecular formula is C19H23N3O3S. The van der Waals surface area contributed by atoms with Crippen molar-refractivity contribution in [3.63, 3.8) is 0 Å². The summed E-state index contributed by atoms with van der Waals surface area (Å²) in [6.07, 6.45) is 0.837. The van der Waals surface area contributed by atoms with Gasteiger partial charge in [0.15, 0.2) is 0 Å². The van der Waals surface area contributed by atoms with E-state index >= 15 is 0 Å². The Labute approximate surface area is 154 Å². The molecule has 0 saturated carbocycles. The lowest BCUT2D eigenvalue weighted by atomic mass is 10.1. The Bertz CT molecular complexity index is 893. The third kappa shape index (κ3) is 3.95. The molecule has 6 nitrogen and oxygen atoms in total. The first-order valence-corrected chi connectivity index (χ1v) is 10.0. The van der Waals surface area contributed by atoms with Crippen molar-refractivity contribution in [2.45, 2.75) is 11.3 Å². The molecule has 0 unspecified atom stereocenters. The van der Waals surface area contributed by atoms with Crippen molar-refractivity contribution in [2.75, 3.05) is 38.6 Å². The minimum absolute atomic E-state index is 0.112. The molecule has 2 aromatic rings. The first kappa shape index (κ1) is 18.6. The number of sulfonamides is 1. The van der Waals surface area contributed by atoms with Crippen molar-refractivity contribution in [3.05, 3.63) is 59.7 Å². The number of benzene rings is 2. The molecule has 7 heteroatoms. The number of hydrogen-bond donors (Lipinski definition) is 1. The zero-order valence-electron chi connectivity index (χ0n) is 15.0. The van der Waals surface area contributed by atoms with E-state index in [2.05, 4.69) is 4.72 Å². The molecule has 2 aromatic carbocycles. The summed E-state index contributed by atoms with van der Waals surface area (Å²) >= 11 is 0. The van der Waals surface area contributed by atoms with E-state index in [1.165, 1.54) is 12.1 Å². The van der Waals surface area contributed by atoms with Gasteiger partial charge in [-0.3, -0.25) is 4.79 Å². The zero-order chi connectivity index (χ0) is 18.7. The fourth-order valence-corrected chi connectivity index (χ4v) is 3.99. The van der Waals surface area contributed by atoms with Crippen LogP contribution in [0.3, 0.4) is 0 Å². The van der Waals surface area contributed by atoms with Crippen molar-refractivity contribution in [1.82, 2.24) is 9.62 Å². The summed E-state index contributed by atoms with van der Waals surface area (Å²) in [6, 6.07) is 14.0. The van der Waals surface area contributed by atoms with Gasteiger partial charge >= 0.3 is 0 Å². The van der Waals surface area contributed by atoms with Gasteiger partial charge in [0.05, 0.1) is 4.90 Å². The highest BCUT2D eigenvalue weighted by atomic mass is 32.2. The zero-order valence-corrected chi connectivity index (χ0v) is 15.8. The highest BCUT2D eigenvalue weighted by molar-refractivity contribution is 7.89. The second-order valence-electron chi connectivity index (χ2n) is 6.56. The predicted molar refractivity (Wildman–Crippen MR) is 102 cm³/mol. The van der Waals surface area contributed by atoms with E-state index in [4.69, 9.17) is 0 Å². The van der Waals surface area contributed by atoms with Crippen molar-refractivity contribution >= 4 is 21.6 Å². The lowest BCUT2D eigenvalue weighted by Gasteiger charge is -2.17. The lowest BCUT2D eigenvalue weighted by Crippen LogP contribution is -2.31. The Morgan fingerprint density at radius 1 is 1.12 bits per heavy atom. The first-order chi connectivity index (χ1) is 12.4. The molecule has 1 amide bonds. The molecule has 0 aliphatic carbocycles. The molecular weight excluding hydrogens is 350 g/mol. The van der Waals surface area contributed by atoms with Crippen LogP contribution in [0, 0.1) is 0 Å². The summed E-state index contributed by atoms with van der Waals surface area (Å²) in [6.45, 7) is 1.59. The normalized spacial score (nSPS) is 13.9. The number of carbonyl (C=O) groups is 1. The fraction of sp³-hybridized carbons (Fsp3) is 0.316. The smallest absolute Gasteiger partial charge is 0.258 e. The maximum atomic E-state index is 12.8. The molecule has 0 saturated heterocycles. The van der Waals surface area contributed by atoms with E-state index in [1.807, 2.05) is 43.3 Å². The third-order valence-electron chi connectivity index (χ3n) is 4.39. The van der Waals surface area contributed by atoms with Crippen molar-refractivity contribution < 1.29 is 13.2 Å². The fourth-order valence-electron chi connectivity index (χ4n) is 2.97. The van der Waals surface area contributed by atoms with Gasteiger partial charge in [0.1, 0.15) is 0 Å². The minimum Gasteiger partial charge on any atom is -0.308 e. The second-order valence-corrected chi connectivity index (χ2v) is 8.33. The Morgan fingerprint density at radius 2 is 1.81 bits per heavy atom. The van der Waals surface area contributed by atoms with E-state index in [-0.39, 0.29) is 10.8 Å². The van der Waals surface area contributed by atoms with Crippen LogP contribution in [-0.4, -0.2) is 53.0 Å². The summed E-state index contributed by atoms with van der Waals surface area (Å²) in [4.78, 5) is 16.6. The molecule has 0 atom stereocenters. The highest BCUT2D eigenvalue weighted by Crippen LogP contribution is 2.29. The summed E-state index contributed by atoms with van der Waals surface area (Å²) in [5, 5.41) is 0. The van der Waals surface area contributed by atoms with Crippen LogP contribution in [-0.2, 0) is 16.4 Å². The predicted octanol–water partition coefficient (Wildman–Crippen LogP) is 1.73. The molecule has 1 aliphatic heterocycles. The largest absolute Gasteiger partial charge is 0.308 e. The van der Waals surface area contributed by atoms with Crippen molar-refractivity contribution in [3.8, 4) is 0 Å². The maximum absolute atomic E-state index is 12.8. The number of hydrogen-bond acceptors (Lipinski definition) is 4. The van der Waals surface area contributed by atoms with Gasteiger partial charge in [0.2, 0.25) is 10.0 Å². The molecule has 1 N–H and O–H groups in total. The molecule has 0 bridgehead atoms. The molecule has 1 aliphatic rings. The average Bonchev–Trinajstić information content (AvgIpc) is 3.05. The van der Waals surface area contributed by atoms with Gasteiger partial charge in [0, 0.05) is 30.9 Å². The molecule has 0 aromatic heterocycles. The molecule has 0 fully saturated rings. The van der Waals surface area contributed by atoms with Crippen LogP contribution in [0.4, 0.5) is 5.69 Å². The maximum Gasteiger partial charge on any atom is 0.258 e. The molecule has 138 valence electrons. The van der Waals surface area contributed by atoms with Crippen LogP contribution >= 0.6 is 0 Å². The van der Waals surface area contributed by atoms with E-state index in [0.29, 0.717) is 25.2 Å². The van der Waals surface area contributed by atoms with Crippen LogP contribution in [0.2, 0.25) is 0 Å². The van der Waals surface area contributed by atoms with E-state index in [9.17, 15) is 13.2 Å². The Balaban J connectivity index is 1.73. The number of para-hydroxylation sites is 1. The van der Waals surface area contributed by atoms with Gasteiger partial charge in [0.25, 0.3) is 5.91 Å². The van der Waals surface area contributed by atoms with E-state index in [0.717, 1.165) is 17.7 Å². The topological polar surface area (TPSA) is 69.7 Å². The minimum atomic E-state index is -3.57. The lowest BCUT2D eigenvalue weighted by molar-refractivity contribution is 0.0989. The standard InChI is InChI=1S/C19H23N3O3S/c1-21(2)14-12-20-26(24,25)17-9-7-16(8-10-17)19(23)22-13-11-15-5-3-4-6-18(15)22/h3-10,20H,11-14H2,1-2H3. The SMILES string of the molecule is CN(C)CCNS(=O)(=O)c1ccc(C(=O)N2CCc3ccccc32)cc1. The van der Waals surface area contributed by atoms with Gasteiger partial charge in [-0.1, -0.05) is 18.2 Å². The van der Waals surface area contributed by atoms with E-state index < -0.39 is 10.0 Å². The van der Waals surface area contributed by atoms with Crippen LogP contribution < -0.4 is 9.62 Å². The number of amides is 1. The number of fused-ring (bicyclic) bond motifs is 1. The summed E-state index contributed by atoms with van der Waals surface area (Å²) in [7, 11) is 0.193. The number of carbonyl (C=O) groups excluding carboxylic acids is 1.